The van der Waals surface area contributed by atoms with Gasteiger partial charge in [-0.2, -0.15) is 0 Å². The number of ether oxygens (including phenoxy) is 1. The summed E-state index contributed by atoms with van der Waals surface area (Å²) in [7, 11) is 0. The van der Waals surface area contributed by atoms with Crippen molar-refractivity contribution in [3.05, 3.63) is 78.2 Å². The number of nitrogens with one attached hydrogen (secondary N) is 1. The number of hydrogen-bond donors (Lipinski definition) is 2. The summed E-state index contributed by atoms with van der Waals surface area (Å²) in [6.07, 6.45) is 1.92. The van der Waals surface area contributed by atoms with Crippen molar-refractivity contribution in [2.45, 2.75) is 39.5 Å². The summed E-state index contributed by atoms with van der Waals surface area (Å²) in [5.41, 5.74) is 2.69. The average Bonchev–Trinajstić information content (AvgIpc) is 3.27. The third kappa shape index (κ3) is 6.17. The van der Waals surface area contributed by atoms with E-state index in [4.69, 9.17) is 9.72 Å². The van der Waals surface area contributed by atoms with E-state index in [2.05, 4.69) is 49.0 Å². The first kappa shape index (κ1) is 25.1. The van der Waals surface area contributed by atoms with E-state index >= 15 is 0 Å². The van der Waals surface area contributed by atoms with E-state index in [0.29, 0.717) is 26.2 Å². The largest absolute Gasteiger partial charge is 0.387 e. The minimum atomic E-state index is -0.558. The molecule has 7 nitrogen and oxygen atoms in total. The molecule has 186 valence electrons. The molecule has 7 heteroatoms. The summed E-state index contributed by atoms with van der Waals surface area (Å²) < 4.78 is 8.08. The zero-order chi connectivity index (χ0) is 24.8. The lowest BCUT2D eigenvalue weighted by atomic mass is 9.84. The van der Waals surface area contributed by atoms with Gasteiger partial charge in [0.15, 0.2) is 0 Å². The molecule has 0 radical (unpaired) electrons. The Balaban J connectivity index is 1.80. The Hall–Kier alpha value is -3.00. The fourth-order valence-electron chi connectivity index (χ4n) is 4.70. The number of rotatable bonds is 8. The summed E-state index contributed by atoms with van der Waals surface area (Å²) in [4.78, 5) is 20.0. The maximum atomic E-state index is 13.2. The highest BCUT2D eigenvalue weighted by molar-refractivity contribution is 5.78. The van der Waals surface area contributed by atoms with E-state index in [9.17, 15) is 9.90 Å². The second-order valence-electron chi connectivity index (χ2n) is 10.1. The zero-order valence-corrected chi connectivity index (χ0v) is 20.9. The molecule has 0 unspecified atom stereocenters. The molecule has 1 aliphatic heterocycles. The molecule has 2 atom stereocenters. The van der Waals surface area contributed by atoms with Crippen LogP contribution in [0.15, 0.2) is 66.9 Å². The molecule has 1 aliphatic rings. The molecule has 1 saturated heterocycles. The number of aromatic nitrogens is 2. The van der Waals surface area contributed by atoms with E-state index in [0.717, 1.165) is 29.2 Å². The van der Waals surface area contributed by atoms with Gasteiger partial charge in [-0.05, 0) is 11.0 Å². The van der Waals surface area contributed by atoms with Gasteiger partial charge in [0, 0.05) is 37.9 Å². The van der Waals surface area contributed by atoms with E-state index in [1.807, 2.05) is 48.5 Å². The fraction of sp³-hybridized carbons (Fsp3) is 0.429. The van der Waals surface area contributed by atoms with Crippen LogP contribution in [-0.2, 0) is 16.1 Å². The van der Waals surface area contributed by atoms with Gasteiger partial charge in [-0.3, -0.25) is 4.79 Å². The number of amides is 1. The van der Waals surface area contributed by atoms with E-state index in [1.165, 1.54) is 0 Å². The second kappa shape index (κ2) is 11.2. The standard InChI is InChI=1S/C28H36N4O3/c1-28(2,3)26(32(25(34)20-33)18-23-16-29-14-15-35-23)27-30-24(22-12-8-5-9-13-22)19-31(27)17-21-10-6-4-7-11-21/h4-13,19,23,26,29,33H,14-18,20H2,1-3H3/t23-,26+/m1/s1. The van der Waals surface area contributed by atoms with Crippen molar-refractivity contribution in [3.63, 3.8) is 0 Å². The van der Waals surface area contributed by atoms with Gasteiger partial charge in [-0.1, -0.05) is 81.4 Å². The topological polar surface area (TPSA) is 79.6 Å². The molecule has 0 bridgehead atoms. The van der Waals surface area contributed by atoms with Crippen molar-refractivity contribution >= 4 is 5.91 Å². The maximum absolute atomic E-state index is 13.2. The van der Waals surface area contributed by atoms with Crippen molar-refractivity contribution < 1.29 is 14.6 Å². The lowest BCUT2D eigenvalue weighted by Crippen LogP contribution is -2.51. The SMILES string of the molecule is CC(C)(C)[C@H](c1nc(-c2ccccc2)cn1Cc1ccccc1)N(C[C@H]1CNCCO1)C(=O)CO. The Bertz CT molecular complexity index is 1090. The lowest BCUT2D eigenvalue weighted by Gasteiger charge is -2.41. The Kier molecular flexibility index (Phi) is 8.00. The zero-order valence-electron chi connectivity index (χ0n) is 20.9. The number of carbonyl (C=O) groups is 1. The van der Waals surface area contributed by atoms with Gasteiger partial charge in [0.2, 0.25) is 5.91 Å². The maximum Gasteiger partial charge on any atom is 0.249 e. The van der Waals surface area contributed by atoms with Crippen LogP contribution >= 0.6 is 0 Å². The van der Waals surface area contributed by atoms with Crippen molar-refractivity contribution in [1.29, 1.82) is 0 Å². The molecule has 3 aromatic rings. The number of aliphatic hydroxyl groups excluding tert-OH is 1. The molecule has 35 heavy (non-hydrogen) atoms. The van der Waals surface area contributed by atoms with Gasteiger partial charge in [0.05, 0.1) is 24.4 Å². The van der Waals surface area contributed by atoms with Crippen molar-refractivity contribution in [2.75, 3.05) is 32.8 Å². The van der Waals surface area contributed by atoms with Crippen LogP contribution in [0, 0.1) is 5.41 Å². The number of morpholine rings is 1. The van der Waals surface area contributed by atoms with Crippen LogP contribution in [0.4, 0.5) is 0 Å². The van der Waals surface area contributed by atoms with Crippen LogP contribution in [0.5, 0.6) is 0 Å². The molecule has 0 spiro atoms. The summed E-state index contributed by atoms with van der Waals surface area (Å²) in [6.45, 7) is 8.86. The molecule has 1 aromatic heterocycles. The smallest absolute Gasteiger partial charge is 0.249 e. The first-order valence-electron chi connectivity index (χ1n) is 12.3. The van der Waals surface area contributed by atoms with Crippen LogP contribution in [0.2, 0.25) is 0 Å². The quantitative estimate of drug-likeness (QED) is 0.520. The predicted octanol–water partition coefficient (Wildman–Crippen LogP) is 3.49. The first-order chi connectivity index (χ1) is 16.9. The summed E-state index contributed by atoms with van der Waals surface area (Å²) in [5.74, 6) is 0.473. The molecule has 1 fully saturated rings. The highest BCUT2D eigenvalue weighted by Gasteiger charge is 2.39. The Morgan fingerprint density at radius 3 is 2.46 bits per heavy atom. The predicted molar refractivity (Wildman–Crippen MR) is 137 cm³/mol. The highest BCUT2D eigenvalue weighted by atomic mass is 16.5. The van der Waals surface area contributed by atoms with Crippen LogP contribution < -0.4 is 5.32 Å². The summed E-state index contributed by atoms with van der Waals surface area (Å²) >= 11 is 0. The minimum Gasteiger partial charge on any atom is -0.387 e. The van der Waals surface area contributed by atoms with Gasteiger partial charge in [-0.25, -0.2) is 4.98 Å². The van der Waals surface area contributed by atoms with Gasteiger partial charge < -0.3 is 24.6 Å². The van der Waals surface area contributed by atoms with Crippen LogP contribution in [0.25, 0.3) is 11.3 Å². The minimum absolute atomic E-state index is 0.143. The Labute approximate surface area is 207 Å². The van der Waals surface area contributed by atoms with Gasteiger partial charge in [-0.15, -0.1) is 0 Å². The van der Waals surface area contributed by atoms with Crippen LogP contribution in [0.1, 0.15) is 38.2 Å². The Morgan fingerprint density at radius 2 is 1.86 bits per heavy atom. The van der Waals surface area contributed by atoms with Crippen molar-refractivity contribution in [2.24, 2.45) is 5.41 Å². The molecule has 2 N–H and O–H groups in total. The van der Waals surface area contributed by atoms with Crippen LogP contribution in [-0.4, -0.2) is 64.4 Å². The molecule has 2 aromatic carbocycles. The number of nitrogens with zero attached hydrogens (tertiary/aromatic N) is 3. The first-order valence-corrected chi connectivity index (χ1v) is 12.3. The molecule has 1 amide bonds. The number of hydrogen-bond acceptors (Lipinski definition) is 5. The summed E-state index contributed by atoms with van der Waals surface area (Å²) in [6, 6.07) is 20.0. The highest BCUT2D eigenvalue weighted by Crippen LogP contribution is 2.39. The molecule has 4 rings (SSSR count). The van der Waals surface area contributed by atoms with Gasteiger partial charge >= 0.3 is 0 Å². The van der Waals surface area contributed by atoms with E-state index in [-0.39, 0.29) is 23.5 Å². The third-order valence-corrected chi connectivity index (χ3v) is 6.31. The lowest BCUT2D eigenvalue weighted by molar-refractivity contribution is -0.143. The van der Waals surface area contributed by atoms with Crippen molar-refractivity contribution in [3.8, 4) is 11.3 Å². The molecule has 2 heterocycles. The fourth-order valence-corrected chi connectivity index (χ4v) is 4.70. The normalized spacial score (nSPS) is 17.2. The number of imidazole rings is 1. The van der Waals surface area contributed by atoms with E-state index < -0.39 is 6.61 Å². The van der Waals surface area contributed by atoms with Crippen molar-refractivity contribution in [1.82, 2.24) is 19.8 Å². The molecule has 0 aliphatic carbocycles. The van der Waals surface area contributed by atoms with Gasteiger partial charge in [0.1, 0.15) is 12.4 Å². The van der Waals surface area contributed by atoms with Crippen LogP contribution in [0.3, 0.4) is 0 Å². The Morgan fingerprint density at radius 1 is 1.17 bits per heavy atom. The molecular formula is C28H36N4O3. The monoisotopic (exact) mass is 476 g/mol. The average molecular weight is 477 g/mol. The molecular weight excluding hydrogens is 440 g/mol. The summed E-state index contributed by atoms with van der Waals surface area (Å²) in [5, 5.41) is 13.2. The number of aliphatic hydroxyl groups is 1. The third-order valence-electron chi connectivity index (χ3n) is 6.31. The van der Waals surface area contributed by atoms with E-state index in [1.54, 1.807) is 4.90 Å². The number of carbonyl (C=O) groups excluding carboxylic acids is 1. The second-order valence-corrected chi connectivity index (χ2v) is 10.1. The number of benzene rings is 2. The molecule has 0 saturated carbocycles. The van der Waals surface area contributed by atoms with Gasteiger partial charge in [0.25, 0.3) is 0 Å².